The molecule has 1 aromatic carbocycles. The van der Waals surface area contributed by atoms with Gasteiger partial charge >= 0.3 is 5.97 Å². The number of aromatic nitrogens is 1. The summed E-state index contributed by atoms with van der Waals surface area (Å²) in [6, 6.07) is 5.93. The first-order valence-electron chi connectivity index (χ1n) is 7.32. The van der Waals surface area contributed by atoms with Gasteiger partial charge in [-0.25, -0.2) is 0 Å². The van der Waals surface area contributed by atoms with Crippen LogP contribution >= 0.6 is 0 Å². The molecule has 2 rings (SSSR count). The van der Waals surface area contributed by atoms with Crippen molar-refractivity contribution in [3.8, 4) is 0 Å². The van der Waals surface area contributed by atoms with Gasteiger partial charge in [0.05, 0.1) is 0 Å². The molecule has 0 aliphatic carbocycles. The first-order valence-corrected chi connectivity index (χ1v) is 7.32. The average molecular weight is 302 g/mol. The van der Waals surface area contributed by atoms with E-state index in [2.05, 4.69) is 16.4 Å². The largest absolute Gasteiger partial charge is 0.481 e. The van der Waals surface area contributed by atoms with Crippen molar-refractivity contribution in [3.63, 3.8) is 0 Å². The van der Waals surface area contributed by atoms with Crippen molar-refractivity contribution in [2.24, 2.45) is 0 Å². The molecule has 3 N–H and O–H groups in total. The SMILES string of the molecule is Cc1cc(C)c2cc(C(=O)NC(C)(C)CCC(=O)O)[nH]c2c1. The standard InChI is InChI=1S/C17H22N2O3/c1-10-7-11(2)12-9-14(18-13(12)8-10)16(22)19-17(3,4)6-5-15(20)21/h7-9,18H,5-6H2,1-4H3,(H,19,22)(H,20,21). The van der Waals surface area contributed by atoms with Crippen molar-refractivity contribution in [1.29, 1.82) is 0 Å². The highest BCUT2D eigenvalue weighted by molar-refractivity contribution is 5.99. The van der Waals surface area contributed by atoms with Gasteiger partial charge < -0.3 is 15.4 Å². The number of carboxylic acid groups (broad SMARTS) is 1. The van der Waals surface area contributed by atoms with Crippen LogP contribution in [0.15, 0.2) is 18.2 Å². The van der Waals surface area contributed by atoms with E-state index in [0.717, 1.165) is 22.0 Å². The number of hydrogen-bond acceptors (Lipinski definition) is 2. The van der Waals surface area contributed by atoms with Crippen LogP contribution in [0.3, 0.4) is 0 Å². The van der Waals surface area contributed by atoms with E-state index in [1.807, 2.05) is 39.8 Å². The van der Waals surface area contributed by atoms with Gasteiger partial charge in [-0.05, 0) is 57.4 Å². The summed E-state index contributed by atoms with van der Waals surface area (Å²) < 4.78 is 0. The van der Waals surface area contributed by atoms with Crippen LogP contribution in [0.2, 0.25) is 0 Å². The molecule has 0 saturated heterocycles. The van der Waals surface area contributed by atoms with Crippen LogP contribution in [0.1, 0.15) is 48.3 Å². The Kier molecular flexibility index (Phi) is 4.26. The number of nitrogens with one attached hydrogen (secondary N) is 2. The van der Waals surface area contributed by atoms with Gasteiger partial charge in [0.2, 0.25) is 0 Å². The molecule has 0 saturated carbocycles. The Morgan fingerprint density at radius 1 is 1.23 bits per heavy atom. The average Bonchev–Trinajstić information content (AvgIpc) is 2.80. The molecule has 0 atom stereocenters. The highest BCUT2D eigenvalue weighted by Crippen LogP contribution is 2.22. The maximum absolute atomic E-state index is 12.4. The van der Waals surface area contributed by atoms with E-state index in [1.165, 1.54) is 0 Å². The first-order chi connectivity index (χ1) is 10.2. The van der Waals surface area contributed by atoms with Gasteiger partial charge in [-0.3, -0.25) is 9.59 Å². The van der Waals surface area contributed by atoms with E-state index < -0.39 is 11.5 Å². The van der Waals surface area contributed by atoms with E-state index in [-0.39, 0.29) is 12.3 Å². The zero-order valence-corrected chi connectivity index (χ0v) is 13.4. The number of benzene rings is 1. The number of aliphatic carboxylic acids is 1. The molecular formula is C17H22N2O3. The molecular weight excluding hydrogens is 280 g/mol. The lowest BCUT2D eigenvalue weighted by molar-refractivity contribution is -0.137. The van der Waals surface area contributed by atoms with Crippen molar-refractivity contribution in [2.75, 3.05) is 0 Å². The third-order valence-corrected chi connectivity index (χ3v) is 3.75. The third-order valence-electron chi connectivity index (χ3n) is 3.75. The van der Waals surface area contributed by atoms with Crippen LogP contribution in [0.4, 0.5) is 0 Å². The minimum Gasteiger partial charge on any atom is -0.481 e. The molecule has 1 aromatic heterocycles. The molecule has 0 fully saturated rings. The number of aryl methyl sites for hydroxylation is 2. The predicted molar refractivity (Wildman–Crippen MR) is 86.2 cm³/mol. The van der Waals surface area contributed by atoms with Gasteiger partial charge in [-0.15, -0.1) is 0 Å². The minimum atomic E-state index is -0.862. The molecule has 2 aromatic rings. The van der Waals surface area contributed by atoms with E-state index in [0.29, 0.717) is 12.1 Å². The Bertz CT molecular complexity index is 729. The number of rotatable bonds is 5. The molecule has 0 unspecified atom stereocenters. The molecule has 0 aliphatic rings. The quantitative estimate of drug-likeness (QED) is 0.793. The Morgan fingerprint density at radius 3 is 2.55 bits per heavy atom. The molecule has 1 amide bonds. The van der Waals surface area contributed by atoms with E-state index in [4.69, 9.17) is 5.11 Å². The summed E-state index contributed by atoms with van der Waals surface area (Å²) in [6.45, 7) is 7.68. The summed E-state index contributed by atoms with van der Waals surface area (Å²) in [7, 11) is 0. The summed E-state index contributed by atoms with van der Waals surface area (Å²) in [5.41, 5.74) is 3.12. The van der Waals surface area contributed by atoms with Crippen LogP contribution in [-0.4, -0.2) is 27.5 Å². The van der Waals surface area contributed by atoms with E-state index in [1.54, 1.807) is 0 Å². The van der Waals surface area contributed by atoms with Crippen LogP contribution in [0, 0.1) is 13.8 Å². The number of carbonyl (C=O) groups is 2. The van der Waals surface area contributed by atoms with Crippen molar-refractivity contribution in [1.82, 2.24) is 10.3 Å². The maximum atomic E-state index is 12.4. The molecule has 0 aliphatic heterocycles. The molecule has 0 radical (unpaired) electrons. The smallest absolute Gasteiger partial charge is 0.303 e. The fourth-order valence-corrected chi connectivity index (χ4v) is 2.58. The van der Waals surface area contributed by atoms with Crippen LogP contribution < -0.4 is 5.32 Å². The second-order valence-electron chi connectivity index (χ2n) is 6.46. The normalized spacial score (nSPS) is 11.6. The number of amides is 1. The van der Waals surface area contributed by atoms with Crippen LogP contribution in [0.5, 0.6) is 0 Å². The fourth-order valence-electron chi connectivity index (χ4n) is 2.58. The van der Waals surface area contributed by atoms with Crippen molar-refractivity contribution in [3.05, 3.63) is 35.0 Å². The molecule has 22 heavy (non-hydrogen) atoms. The molecule has 1 heterocycles. The summed E-state index contributed by atoms with van der Waals surface area (Å²) >= 11 is 0. The summed E-state index contributed by atoms with van der Waals surface area (Å²) in [5.74, 6) is -1.08. The summed E-state index contributed by atoms with van der Waals surface area (Å²) in [4.78, 5) is 26.2. The van der Waals surface area contributed by atoms with Crippen molar-refractivity contribution < 1.29 is 14.7 Å². The Labute approximate surface area is 129 Å². The summed E-state index contributed by atoms with van der Waals surface area (Å²) in [5, 5.41) is 12.7. The van der Waals surface area contributed by atoms with Crippen LogP contribution in [0.25, 0.3) is 10.9 Å². The monoisotopic (exact) mass is 302 g/mol. The number of carboxylic acids is 1. The molecule has 118 valence electrons. The van der Waals surface area contributed by atoms with Gasteiger partial charge in [-0.1, -0.05) is 6.07 Å². The van der Waals surface area contributed by atoms with Gasteiger partial charge in [0, 0.05) is 22.9 Å². The molecule has 0 bridgehead atoms. The Morgan fingerprint density at radius 2 is 1.91 bits per heavy atom. The second kappa shape index (κ2) is 5.83. The Hall–Kier alpha value is -2.30. The van der Waals surface area contributed by atoms with Gasteiger partial charge in [0.1, 0.15) is 5.69 Å². The fraction of sp³-hybridized carbons (Fsp3) is 0.412. The van der Waals surface area contributed by atoms with Crippen LogP contribution in [-0.2, 0) is 4.79 Å². The number of H-pyrrole nitrogens is 1. The van der Waals surface area contributed by atoms with E-state index >= 15 is 0 Å². The predicted octanol–water partition coefficient (Wildman–Crippen LogP) is 3.16. The van der Waals surface area contributed by atoms with Crippen molar-refractivity contribution in [2.45, 2.75) is 46.1 Å². The number of carbonyl (C=O) groups excluding carboxylic acids is 1. The molecule has 0 spiro atoms. The zero-order chi connectivity index (χ0) is 16.5. The van der Waals surface area contributed by atoms with Gasteiger partial charge in [0.15, 0.2) is 0 Å². The lowest BCUT2D eigenvalue weighted by Gasteiger charge is -2.25. The van der Waals surface area contributed by atoms with Crippen molar-refractivity contribution >= 4 is 22.8 Å². The van der Waals surface area contributed by atoms with Gasteiger partial charge in [0.25, 0.3) is 5.91 Å². The maximum Gasteiger partial charge on any atom is 0.303 e. The highest BCUT2D eigenvalue weighted by atomic mass is 16.4. The minimum absolute atomic E-state index is 0.0261. The lowest BCUT2D eigenvalue weighted by Crippen LogP contribution is -2.43. The van der Waals surface area contributed by atoms with Gasteiger partial charge in [-0.2, -0.15) is 0 Å². The molecule has 5 nitrogen and oxygen atoms in total. The number of hydrogen-bond donors (Lipinski definition) is 3. The molecule has 5 heteroatoms. The number of aromatic amines is 1. The first kappa shape index (κ1) is 16.1. The third kappa shape index (κ3) is 3.67. The second-order valence-corrected chi connectivity index (χ2v) is 6.46. The lowest BCUT2D eigenvalue weighted by atomic mass is 9.98. The highest BCUT2D eigenvalue weighted by Gasteiger charge is 2.23. The Balaban J connectivity index is 2.19. The van der Waals surface area contributed by atoms with E-state index in [9.17, 15) is 9.59 Å². The zero-order valence-electron chi connectivity index (χ0n) is 13.4. The topological polar surface area (TPSA) is 82.2 Å². The number of fused-ring (bicyclic) bond motifs is 1. The summed E-state index contributed by atoms with van der Waals surface area (Å²) in [6.07, 6.45) is 0.407.